The summed E-state index contributed by atoms with van der Waals surface area (Å²) >= 11 is 0. The maximum atomic E-state index is 11.1. The van der Waals surface area contributed by atoms with Crippen LogP contribution in [0, 0.1) is 0 Å². The molecule has 1 unspecified atom stereocenters. The summed E-state index contributed by atoms with van der Waals surface area (Å²) in [6.45, 7) is 4.51. The average molecular weight is 240 g/mol. The molecule has 1 aromatic carbocycles. The summed E-state index contributed by atoms with van der Waals surface area (Å²) < 4.78 is 1.99. The smallest absolute Gasteiger partial charge is 0.168 e. The molecule has 0 spiro atoms. The molecule has 0 N–H and O–H groups in total. The van der Waals surface area contributed by atoms with Gasteiger partial charge in [0.1, 0.15) is 5.69 Å². The standard InChI is InChI=1S/C15H16N2O/c1-15(2)7-14(12-5-3-4-6-13(12)15)17-10-16-8-11(17)9-18/h3-6,8-10,14H,7H2,1-2H3. The van der Waals surface area contributed by atoms with E-state index in [1.807, 2.05) is 4.57 Å². The minimum absolute atomic E-state index is 0.145. The monoisotopic (exact) mass is 240 g/mol. The Bertz CT molecular complexity index is 598. The predicted octanol–water partition coefficient (Wildman–Crippen LogP) is 2.97. The molecule has 2 aromatic rings. The lowest BCUT2D eigenvalue weighted by atomic mass is 9.86. The Morgan fingerprint density at radius 1 is 1.39 bits per heavy atom. The third-order valence-corrected chi connectivity index (χ3v) is 3.91. The molecule has 1 heterocycles. The lowest BCUT2D eigenvalue weighted by Gasteiger charge is -2.19. The van der Waals surface area contributed by atoms with E-state index in [2.05, 4.69) is 43.1 Å². The highest BCUT2D eigenvalue weighted by Gasteiger charge is 2.37. The van der Waals surface area contributed by atoms with E-state index in [0.717, 1.165) is 12.7 Å². The van der Waals surface area contributed by atoms with Crippen molar-refractivity contribution in [2.75, 3.05) is 0 Å². The largest absolute Gasteiger partial charge is 0.321 e. The van der Waals surface area contributed by atoms with Crippen LogP contribution in [0.25, 0.3) is 0 Å². The van der Waals surface area contributed by atoms with Crippen LogP contribution in [0.2, 0.25) is 0 Å². The van der Waals surface area contributed by atoms with Gasteiger partial charge in [-0.2, -0.15) is 0 Å². The van der Waals surface area contributed by atoms with Gasteiger partial charge in [-0.15, -0.1) is 0 Å². The van der Waals surface area contributed by atoms with Gasteiger partial charge in [-0.1, -0.05) is 38.1 Å². The highest BCUT2D eigenvalue weighted by molar-refractivity contribution is 5.71. The number of aldehydes is 1. The molecule has 0 fully saturated rings. The fourth-order valence-corrected chi connectivity index (χ4v) is 3.02. The molecule has 3 heteroatoms. The summed E-state index contributed by atoms with van der Waals surface area (Å²) in [5.74, 6) is 0. The van der Waals surface area contributed by atoms with Gasteiger partial charge in [0.25, 0.3) is 0 Å². The van der Waals surface area contributed by atoms with Crippen molar-refractivity contribution in [2.45, 2.75) is 31.7 Å². The molecule has 0 saturated carbocycles. The zero-order valence-electron chi connectivity index (χ0n) is 10.6. The van der Waals surface area contributed by atoms with Crippen LogP contribution in [-0.4, -0.2) is 15.8 Å². The summed E-state index contributed by atoms with van der Waals surface area (Å²) in [5.41, 5.74) is 3.47. The second-order valence-electron chi connectivity index (χ2n) is 5.53. The molecule has 18 heavy (non-hydrogen) atoms. The number of imidazole rings is 1. The van der Waals surface area contributed by atoms with Gasteiger partial charge >= 0.3 is 0 Å². The van der Waals surface area contributed by atoms with Crippen LogP contribution < -0.4 is 0 Å². The molecule has 3 nitrogen and oxygen atoms in total. The van der Waals surface area contributed by atoms with Gasteiger partial charge in [0.05, 0.1) is 18.6 Å². The van der Waals surface area contributed by atoms with Crippen molar-refractivity contribution in [3.63, 3.8) is 0 Å². The maximum Gasteiger partial charge on any atom is 0.168 e. The molecular weight excluding hydrogens is 224 g/mol. The SMILES string of the molecule is CC1(C)CC(n2cncc2C=O)c2ccccc21. The second-order valence-corrected chi connectivity index (χ2v) is 5.53. The molecule has 0 amide bonds. The third-order valence-electron chi connectivity index (χ3n) is 3.91. The van der Waals surface area contributed by atoms with Crippen molar-refractivity contribution in [1.29, 1.82) is 0 Å². The Morgan fingerprint density at radius 2 is 2.17 bits per heavy atom. The molecule has 0 saturated heterocycles. The molecule has 92 valence electrons. The van der Waals surface area contributed by atoms with Crippen molar-refractivity contribution in [3.8, 4) is 0 Å². The maximum absolute atomic E-state index is 11.1. The average Bonchev–Trinajstić information content (AvgIpc) is 2.92. The van der Waals surface area contributed by atoms with Crippen molar-refractivity contribution >= 4 is 6.29 Å². The number of nitrogens with zero attached hydrogens (tertiary/aromatic N) is 2. The van der Waals surface area contributed by atoms with Gasteiger partial charge in [-0.3, -0.25) is 4.79 Å². The summed E-state index contributed by atoms with van der Waals surface area (Å²) in [5, 5.41) is 0. The first-order valence-corrected chi connectivity index (χ1v) is 6.20. The number of carbonyl (C=O) groups is 1. The molecular formula is C15H16N2O. The minimum atomic E-state index is 0.145. The van der Waals surface area contributed by atoms with Crippen molar-refractivity contribution in [2.24, 2.45) is 0 Å². The highest BCUT2D eigenvalue weighted by Crippen LogP contribution is 2.46. The Morgan fingerprint density at radius 3 is 2.94 bits per heavy atom. The quantitative estimate of drug-likeness (QED) is 0.756. The highest BCUT2D eigenvalue weighted by atomic mass is 16.1. The lowest BCUT2D eigenvalue weighted by Crippen LogP contribution is -2.15. The normalized spacial score (nSPS) is 20.7. The van der Waals surface area contributed by atoms with E-state index in [0.29, 0.717) is 5.69 Å². The number of hydrogen-bond donors (Lipinski definition) is 0. The van der Waals surface area contributed by atoms with Crippen LogP contribution in [0.1, 0.15) is 47.9 Å². The van der Waals surface area contributed by atoms with Gasteiger partial charge in [0, 0.05) is 0 Å². The molecule has 0 radical (unpaired) electrons. The molecule has 1 aromatic heterocycles. The number of benzene rings is 1. The van der Waals surface area contributed by atoms with Crippen LogP contribution in [0.5, 0.6) is 0 Å². The van der Waals surface area contributed by atoms with E-state index in [-0.39, 0.29) is 11.5 Å². The Kier molecular flexibility index (Phi) is 2.37. The van der Waals surface area contributed by atoms with Gasteiger partial charge in [-0.25, -0.2) is 4.98 Å². The van der Waals surface area contributed by atoms with Gasteiger partial charge in [-0.05, 0) is 23.0 Å². The first-order chi connectivity index (χ1) is 8.63. The van der Waals surface area contributed by atoms with E-state index in [4.69, 9.17) is 0 Å². The molecule has 3 rings (SSSR count). The van der Waals surface area contributed by atoms with Gasteiger partial charge < -0.3 is 4.57 Å². The molecule has 0 aliphatic heterocycles. The second kappa shape index (κ2) is 3.80. The first-order valence-electron chi connectivity index (χ1n) is 6.20. The van der Waals surface area contributed by atoms with Crippen LogP contribution in [0.4, 0.5) is 0 Å². The fourth-order valence-electron chi connectivity index (χ4n) is 3.02. The minimum Gasteiger partial charge on any atom is -0.321 e. The van der Waals surface area contributed by atoms with Gasteiger partial charge in [0.15, 0.2) is 6.29 Å². The summed E-state index contributed by atoms with van der Waals surface area (Å²) in [6.07, 6.45) is 5.26. The Hall–Kier alpha value is -1.90. The summed E-state index contributed by atoms with van der Waals surface area (Å²) in [6, 6.07) is 8.71. The van der Waals surface area contributed by atoms with E-state index < -0.39 is 0 Å². The number of fused-ring (bicyclic) bond motifs is 1. The molecule has 1 aliphatic rings. The van der Waals surface area contributed by atoms with Crippen LogP contribution in [-0.2, 0) is 5.41 Å². The van der Waals surface area contributed by atoms with Crippen molar-refractivity contribution in [3.05, 3.63) is 53.6 Å². The number of rotatable bonds is 2. The van der Waals surface area contributed by atoms with Gasteiger partial charge in [0.2, 0.25) is 0 Å². The van der Waals surface area contributed by atoms with Crippen LogP contribution in [0.3, 0.4) is 0 Å². The van der Waals surface area contributed by atoms with Crippen LogP contribution >= 0.6 is 0 Å². The first kappa shape index (κ1) is 11.2. The number of hydrogen-bond acceptors (Lipinski definition) is 2. The molecule has 1 atom stereocenters. The van der Waals surface area contributed by atoms with E-state index in [1.165, 1.54) is 11.1 Å². The number of aromatic nitrogens is 2. The summed E-state index contributed by atoms with van der Waals surface area (Å²) in [4.78, 5) is 15.1. The van der Waals surface area contributed by atoms with Crippen molar-refractivity contribution < 1.29 is 4.79 Å². The lowest BCUT2D eigenvalue weighted by molar-refractivity contribution is 0.111. The van der Waals surface area contributed by atoms with Crippen LogP contribution in [0.15, 0.2) is 36.8 Å². The zero-order chi connectivity index (χ0) is 12.8. The van der Waals surface area contributed by atoms with Crippen molar-refractivity contribution in [1.82, 2.24) is 9.55 Å². The van der Waals surface area contributed by atoms with E-state index in [9.17, 15) is 4.79 Å². The van der Waals surface area contributed by atoms with E-state index >= 15 is 0 Å². The predicted molar refractivity (Wildman–Crippen MR) is 69.8 cm³/mol. The fraction of sp³-hybridized carbons (Fsp3) is 0.333. The van der Waals surface area contributed by atoms with E-state index in [1.54, 1.807) is 12.5 Å². The summed E-state index contributed by atoms with van der Waals surface area (Å²) in [7, 11) is 0. The zero-order valence-corrected chi connectivity index (χ0v) is 10.6. The molecule has 1 aliphatic carbocycles. The molecule has 0 bridgehead atoms. The Labute approximate surface area is 106 Å². The Balaban J connectivity index is 2.14. The number of carbonyl (C=O) groups excluding carboxylic acids is 1. The third kappa shape index (κ3) is 1.50. The topological polar surface area (TPSA) is 34.9 Å².